The lowest BCUT2D eigenvalue weighted by Crippen LogP contribution is -2.31. The Bertz CT molecular complexity index is 909. The number of carbonyl (C=O) groups is 2. The molecule has 28 heavy (non-hydrogen) atoms. The monoisotopic (exact) mass is 405 g/mol. The molecule has 1 aliphatic heterocycles. The maximum atomic E-state index is 13.8. The van der Waals surface area contributed by atoms with Crippen molar-refractivity contribution in [3.63, 3.8) is 0 Å². The van der Waals surface area contributed by atoms with E-state index in [0.717, 1.165) is 10.9 Å². The lowest BCUT2D eigenvalue weighted by Gasteiger charge is -2.24. The van der Waals surface area contributed by atoms with Crippen molar-refractivity contribution in [1.82, 2.24) is 4.90 Å². The number of aliphatic hydroxyl groups is 1. The molecule has 0 aliphatic carbocycles. The number of aliphatic hydroxyl groups excluding tert-OH is 1. The summed E-state index contributed by atoms with van der Waals surface area (Å²) in [5, 5.41) is 12.7. The smallest absolute Gasteiger partial charge is 0.295 e. The fourth-order valence-electron chi connectivity index (χ4n) is 3.24. The third kappa shape index (κ3) is 3.65. The molecule has 1 aromatic carbocycles. The van der Waals surface area contributed by atoms with Gasteiger partial charge in [0.1, 0.15) is 17.3 Å². The Morgan fingerprint density at radius 3 is 2.71 bits per heavy atom. The van der Waals surface area contributed by atoms with E-state index >= 15 is 0 Å². The molecular formula is C20H20FNO5S. The molecule has 1 saturated heterocycles. The molecule has 1 atom stereocenters. The Hall–Kier alpha value is -2.71. The predicted molar refractivity (Wildman–Crippen MR) is 103 cm³/mol. The van der Waals surface area contributed by atoms with Crippen LogP contribution >= 0.6 is 11.3 Å². The Labute approximate surface area is 165 Å². The number of carbonyl (C=O) groups excluding carboxylic acids is 2. The molecule has 1 unspecified atom stereocenters. The van der Waals surface area contributed by atoms with E-state index in [-0.39, 0.29) is 23.4 Å². The van der Waals surface area contributed by atoms with E-state index in [1.807, 2.05) is 5.38 Å². The quantitative estimate of drug-likeness (QED) is 0.331. The van der Waals surface area contributed by atoms with E-state index in [1.54, 1.807) is 19.2 Å². The van der Waals surface area contributed by atoms with Gasteiger partial charge in [-0.25, -0.2) is 4.39 Å². The second-order valence-electron chi connectivity index (χ2n) is 6.20. The first kappa shape index (κ1) is 20.0. The number of amides is 1. The minimum absolute atomic E-state index is 0.0268. The van der Waals surface area contributed by atoms with E-state index in [1.165, 1.54) is 35.5 Å². The first-order valence-corrected chi connectivity index (χ1v) is 9.52. The minimum atomic E-state index is -0.806. The zero-order valence-electron chi connectivity index (χ0n) is 15.5. The van der Waals surface area contributed by atoms with E-state index < -0.39 is 29.3 Å². The number of halogens is 1. The normalized spacial score (nSPS) is 18.7. The third-order valence-electron chi connectivity index (χ3n) is 4.52. The number of ether oxygens (including phenoxy) is 2. The molecule has 0 radical (unpaired) electrons. The van der Waals surface area contributed by atoms with Gasteiger partial charge in [0.15, 0.2) is 0 Å². The molecule has 1 amide bonds. The van der Waals surface area contributed by atoms with Crippen LogP contribution in [0, 0.1) is 5.82 Å². The summed E-state index contributed by atoms with van der Waals surface area (Å²) < 4.78 is 24.0. The van der Waals surface area contributed by atoms with Gasteiger partial charge in [-0.2, -0.15) is 0 Å². The van der Waals surface area contributed by atoms with Crippen molar-refractivity contribution in [2.45, 2.75) is 12.5 Å². The van der Waals surface area contributed by atoms with Crippen LogP contribution in [0.4, 0.5) is 4.39 Å². The molecule has 1 aromatic heterocycles. The number of hydrogen-bond donors (Lipinski definition) is 1. The number of ketones is 1. The van der Waals surface area contributed by atoms with E-state index in [0.29, 0.717) is 13.0 Å². The number of likely N-dealkylation sites (tertiary alicyclic amines) is 1. The fraction of sp³-hybridized carbons (Fsp3) is 0.300. The first-order valence-electron chi connectivity index (χ1n) is 8.64. The van der Waals surface area contributed by atoms with Crippen LogP contribution in [0.1, 0.15) is 22.9 Å². The zero-order valence-corrected chi connectivity index (χ0v) is 16.3. The van der Waals surface area contributed by atoms with Crippen LogP contribution in [0.3, 0.4) is 0 Å². The van der Waals surface area contributed by atoms with Crippen molar-refractivity contribution in [2.24, 2.45) is 0 Å². The highest BCUT2D eigenvalue weighted by atomic mass is 32.1. The molecule has 8 heteroatoms. The Balaban J connectivity index is 2.14. The molecule has 1 N–H and O–H groups in total. The Morgan fingerprint density at radius 2 is 2.07 bits per heavy atom. The van der Waals surface area contributed by atoms with Crippen LogP contribution in [0.25, 0.3) is 5.76 Å². The van der Waals surface area contributed by atoms with Crippen LogP contribution in [-0.4, -0.2) is 49.1 Å². The van der Waals surface area contributed by atoms with Crippen LogP contribution in [0.5, 0.6) is 5.75 Å². The molecular weight excluding hydrogens is 385 g/mol. The summed E-state index contributed by atoms with van der Waals surface area (Å²) in [5.41, 5.74) is -0.0484. The average Bonchev–Trinajstić information content (AvgIpc) is 3.30. The van der Waals surface area contributed by atoms with Gasteiger partial charge in [0.2, 0.25) is 0 Å². The van der Waals surface area contributed by atoms with Gasteiger partial charge < -0.3 is 19.5 Å². The molecule has 1 aliphatic rings. The van der Waals surface area contributed by atoms with Crippen LogP contribution < -0.4 is 4.74 Å². The summed E-state index contributed by atoms with van der Waals surface area (Å²) in [5.74, 6) is -2.35. The summed E-state index contributed by atoms with van der Waals surface area (Å²) in [6.45, 7) is 0.718. The van der Waals surface area contributed by atoms with Crippen LogP contribution in [0.2, 0.25) is 0 Å². The maximum absolute atomic E-state index is 13.8. The van der Waals surface area contributed by atoms with Crippen molar-refractivity contribution in [3.05, 3.63) is 57.5 Å². The zero-order chi connectivity index (χ0) is 20.3. The summed E-state index contributed by atoms with van der Waals surface area (Å²) in [4.78, 5) is 27.6. The molecule has 0 spiro atoms. The van der Waals surface area contributed by atoms with E-state index in [2.05, 4.69) is 0 Å². The van der Waals surface area contributed by atoms with Gasteiger partial charge >= 0.3 is 0 Å². The number of rotatable bonds is 7. The highest BCUT2D eigenvalue weighted by molar-refractivity contribution is 7.10. The molecule has 0 bridgehead atoms. The standard InChI is InChI=1S/C20H20FNO5S/c1-26-9-4-8-22-17(15-5-3-10-28-15)16(19(24)20(22)25)18(23)13-11-12(21)6-7-14(13)27-2/h3,5-7,10-11,17,23H,4,8-9H2,1-2H3/b18-16-. The number of nitrogens with zero attached hydrogens (tertiary/aromatic N) is 1. The summed E-state index contributed by atoms with van der Waals surface area (Å²) in [6, 6.07) is 6.48. The van der Waals surface area contributed by atoms with Gasteiger partial charge in [-0.05, 0) is 36.1 Å². The average molecular weight is 405 g/mol. The lowest BCUT2D eigenvalue weighted by atomic mass is 9.99. The van der Waals surface area contributed by atoms with E-state index in [4.69, 9.17) is 9.47 Å². The number of thiophene rings is 1. The second-order valence-corrected chi connectivity index (χ2v) is 7.18. The van der Waals surface area contributed by atoms with Gasteiger partial charge in [0, 0.05) is 25.1 Å². The first-order chi connectivity index (χ1) is 13.5. The van der Waals surface area contributed by atoms with Crippen molar-refractivity contribution in [1.29, 1.82) is 0 Å². The van der Waals surface area contributed by atoms with Crippen molar-refractivity contribution >= 4 is 28.8 Å². The minimum Gasteiger partial charge on any atom is -0.507 e. The summed E-state index contributed by atoms with van der Waals surface area (Å²) in [6.07, 6.45) is 0.536. The highest BCUT2D eigenvalue weighted by Crippen LogP contribution is 2.42. The SMILES string of the molecule is COCCCN1C(=O)C(=O)/C(=C(\O)c2cc(F)ccc2OC)C1c1cccs1. The number of hydrogen-bond acceptors (Lipinski definition) is 6. The fourth-order valence-corrected chi connectivity index (χ4v) is 4.09. The largest absolute Gasteiger partial charge is 0.507 e. The van der Waals surface area contributed by atoms with Crippen LogP contribution in [-0.2, 0) is 14.3 Å². The van der Waals surface area contributed by atoms with E-state index in [9.17, 15) is 19.1 Å². The summed E-state index contributed by atoms with van der Waals surface area (Å²) in [7, 11) is 2.94. The molecule has 3 rings (SSSR count). The topological polar surface area (TPSA) is 76.1 Å². The molecule has 2 heterocycles. The maximum Gasteiger partial charge on any atom is 0.295 e. The van der Waals surface area contributed by atoms with Gasteiger partial charge in [0.05, 0.1) is 24.3 Å². The van der Waals surface area contributed by atoms with Gasteiger partial charge in [-0.1, -0.05) is 6.07 Å². The Kier molecular flexibility index (Phi) is 6.11. The molecule has 148 valence electrons. The van der Waals surface area contributed by atoms with Crippen molar-refractivity contribution < 1.29 is 28.6 Å². The molecule has 6 nitrogen and oxygen atoms in total. The predicted octanol–water partition coefficient (Wildman–Crippen LogP) is 3.35. The third-order valence-corrected chi connectivity index (χ3v) is 5.44. The number of methoxy groups -OCH3 is 2. The van der Waals surface area contributed by atoms with Gasteiger partial charge in [-0.15, -0.1) is 11.3 Å². The Morgan fingerprint density at radius 1 is 1.29 bits per heavy atom. The van der Waals surface area contributed by atoms with Crippen LogP contribution in [0.15, 0.2) is 41.3 Å². The molecule has 2 aromatic rings. The molecule has 0 saturated carbocycles. The lowest BCUT2D eigenvalue weighted by molar-refractivity contribution is -0.140. The number of Topliss-reactive ketones (excluding diaryl/α,β-unsaturated/α-hetero) is 1. The number of benzene rings is 1. The van der Waals surface area contributed by atoms with Crippen molar-refractivity contribution in [3.8, 4) is 5.75 Å². The molecule has 1 fully saturated rings. The van der Waals surface area contributed by atoms with Gasteiger partial charge in [-0.3, -0.25) is 9.59 Å². The van der Waals surface area contributed by atoms with Gasteiger partial charge in [0.25, 0.3) is 11.7 Å². The van der Waals surface area contributed by atoms with Crippen molar-refractivity contribution in [2.75, 3.05) is 27.4 Å². The summed E-state index contributed by atoms with van der Waals surface area (Å²) >= 11 is 1.37. The second kappa shape index (κ2) is 8.53. The highest BCUT2D eigenvalue weighted by Gasteiger charge is 2.46.